The molecule has 0 N–H and O–H groups in total. The quantitative estimate of drug-likeness (QED) is 0.0345. The van der Waals surface area contributed by atoms with Crippen LogP contribution in [0.15, 0.2) is 109 Å². The maximum absolute atomic E-state index is 12.9. The molecule has 5 heteroatoms. The second kappa shape index (κ2) is 59.9. The fourth-order valence-electron chi connectivity index (χ4n) is 7.89. The van der Waals surface area contributed by atoms with Gasteiger partial charge in [0.05, 0.1) is 6.61 Å². The third-order valence-electron chi connectivity index (χ3n) is 12.3. The molecule has 0 fully saturated rings. The standard InChI is InChI=1S/C65H110O5/c1-4-7-10-13-16-19-22-25-28-31-33-35-37-40-43-46-49-52-55-58-64(66)69-62-63(61-68-60-57-54-51-48-45-42-39-30-27-24-21-18-15-12-9-6-3)70-65(67)59-56-53-50-47-44-41-38-36-34-32-29-26-23-20-17-14-11-8-5-2/h7,10,16-17,19-20,25-30,33-36,40,43,63H,4-6,8-9,11-15,18,21-24,31-32,37-39,41-42,44-62H2,1-3H3/b10-7-,19-16-,20-17-,28-25-,29-26-,30-27-,35-33-,36-34-,43-40-. The first-order chi connectivity index (χ1) is 34.6. The minimum atomic E-state index is -0.568. The summed E-state index contributed by atoms with van der Waals surface area (Å²) < 4.78 is 17.5. The van der Waals surface area contributed by atoms with Gasteiger partial charge in [-0.15, -0.1) is 0 Å². The number of allylic oxidation sites excluding steroid dienone is 18. The molecule has 0 aromatic rings. The molecule has 0 aromatic carbocycles. The molecule has 70 heavy (non-hydrogen) atoms. The van der Waals surface area contributed by atoms with Gasteiger partial charge in [0.25, 0.3) is 0 Å². The van der Waals surface area contributed by atoms with Gasteiger partial charge in [-0.05, 0) is 128 Å². The first kappa shape index (κ1) is 66.6. The Kier molecular flexibility index (Phi) is 56.9. The highest BCUT2D eigenvalue weighted by molar-refractivity contribution is 5.70. The molecule has 1 atom stereocenters. The lowest BCUT2D eigenvalue weighted by atomic mass is 10.1. The van der Waals surface area contributed by atoms with Gasteiger partial charge < -0.3 is 14.2 Å². The van der Waals surface area contributed by atoms with E-state index in [0.29, 0.717) is 19.4 Å². The van der Waals surface area contributed by atoms with E-state index in [1.54, 1.807) is 0 Å². The summed E-state index contributed by atoms with van der Waals surface area (Å²) in [6, 6.07) is 0. The molecule has 0 aromatic heterocycles. The normalized spacial score (nSPS) is 13.0. The number of esters is 2. The van der Waals surface area contributed by atoms with Crippen LogP contribution in [0.25, 0.3) is 0 Å². The van der Waals surface area contributed by atoms with Crippen LogP contribution < -0.4 is 0 Å². The zero-order valence-corrected chi connectivity index (χ0v) is 46.0. The minimum absolute atomic E-state index is 0.0548. The Morgan fingerprint density at radius 1 is 0.329 bits per heavy atom. The van der Waals surface area contributed by atoms with E-state index in [1.807, 2.05) is 0 Å². The Morgan fingerprint density at radius 2 is 0.643 bits per heavy atom. The van der Waals surface area contributed by atoms with E-state index in [2.05, 4.69) is 130 Å². The van der Waals surface area contributed by atoms with Crippen LogP contribution in [0, 0.1) is 0 Å². The molecule has 1 unspecified atom stereocenters. The first-order valence-corrected chi connectivity index (χ1v) is 29.4. The average molecular weight is 972 g/mol. The maximum Gasteiger partial charge on any atom is 0.306 e. The molecule has 0 aliphatic rings. The second-order valence-electron chi connectivity index (χ2n) is 19.2. The van der Waals surface area contributed by atoms with Crippen LogP contribution in [0.1, 0.15) is 265 Å². The lowest BCUT2D eigenvalue weighted by Crippen LogP contribution is -2.30. The van der Waals surface area contributed by atoms with Crippen molar-refractivity contribution >= 4 is 11.9 Å². The van der Waals surface area contributed by atoms with Crippen molar-refractivity contribution in [2.45, 2.75) is 271 Å². The monoisotopic (exact) mass is 971 g/mol. The smallest absolute Gasteiger partial charge is 0.306 e. The van der Waals surface area contributed by atoms with Gasteiger partial charge in [-0.1, -0.05) is 233 Å². The third kappa shape index (κ3) is 57.1. The van der Waals surface area contributed by atoms with Gasteiger partial charge in [-0.2, -0.15) is 0 Å². The summed E-state index contributed by atoms with van der Waals surface area (Å²) in [7, 11) is 0. The molecule has 5 nitrogen and oxygen atoms in total. The van der Waals surface area contributed by atoms with Gasteiger partial charge in [0.15, 0.2) is 6.10 Å². The first-order valence-electron chi connectivity index (χ1n) is 29.4. The predicted octanol–water partition coefficient (Wildman–Crippen LogP) is 20.3. The lowest BCUT2D eigenvalue weighted by molar-refractivity contribution is -0.163. The molecule has 0 heterocycles. The van der Waals surface area contributed by atoms with Gasteiger partial charge in [0.2, 0.25) is 0 Å². The molecule has 0 aliphatic carbocycles. The van der Waals surface area contributed by atoms with Crippen molar-refractivity contribution < 1.29 is 23.8 Å². The third-order valence-corrected chi connectivity index (χ3v) is 12.3. The van der Waals surface area contributed by atoms with E-state index >= 15 is 0 Å². The molecule has 0 rings (SSSR count). The van der Waals surface area contributed by atoms with E-state index in [4.69, 9.17) is 14.2 Å². The van der Waals surface area contributed by atoms with Gasteiger partial charge in [0.1, 0.15) is 6.61 Å². The summed E-state index contributed by atoms with van der Waals surface area (Å²) in [6.07, 6.45) is 82.5. The van der Waals surface area contributed by atoms with Gasteiger partial charge in [0, 0.05) is 19.4 Å². The largest absolute Gasteiger partial charge is 0.462 e. The van der Waals surface area contributed by atoms with Crippen LogP contribution in [-0.2, 0) is 23.8 Å². The summed E-state index contributed by atoms with van der Waals surface area (Å²) in [5, 5.41) is 0. The molecule has 400 valence electrons. The van der Waals surface area contributed by atoms with Crippen molar-refractivity contribution in [3.8, 4) is 0 Å². The topological polar surface area (TPSA) is 61.8 Å². The van der Waals surface area contributed by atoms with Crippen LogP contribution in [0.4, 0.5) is 0 Å². The van der Waals surface area contributed by atoms with Crippen molar-refractivity contribution in [1.82, 2.24) is 0 Å². The molecule has 0 aliphatic heterocycles. The van der Waals surface area contributed by atoms with Gasteiger partial charge >= 0.3 is 11.9 Å². The molecular weight excluding hydrogens is 861 g/mol. The summed E-state index contributed by atoms with van der Waals surface area (Å²) in [6.45, 7) is 7.63. The minimum Gasteiger partial charge on any atom is -0.462 e. The van der Waals surface area contributed by atoms with E-state index < -0.39 is 6.10 Å². The SMILES string of the molecule is CC/C=C\C/C=C\C/C=C\C/C=C\C/C=C\CCCCCC(=O)OCC(COCCCCCCCC/C=C\CCCCCCCC)OC(=O)CCCCCCCC/C=C\C/C=C\C/C=C\CCCCC. The summed E-state index contributed by atoms with van der Waals surface area (Å²) >= 11 is 0. The van der Waals surface area contributed by atoms with Crippen molar-refractivity contribution in [1.29, 1.82) is 0 Å². The number of carbonyl (C=O) groups is 2. The van der Waals surface area contributed by atoms with Crippen molar-refractivity contribution in [3.05, 3.63) is 109 Å². The van der Waals surface area contributed by atoms with Crippen molar-refractivity contribution in [2.75, 3.05) is 19.8 Å². The molecule has 0 saturated heterocycles. The van der Waals surface area contributed by atoms with Crippen LogP contribution in [-0.4, -0.2) is 37.9 Å². The van der Waals surface area contributed by atoms with E-state index in [1.165, 1.54) is 122 Å². The Hall–Kier alpha value is -3.44. The highest BCUT2D eigenvalue weighted by atomic mass is 16.6. The van der Waals surface area contributed by atoms with Crippen molar-refractivity contribution in [2.24, 2.45) is 0 Å². The molecule has 0 bridgehead atoms. The number of rotatable bonds is 53. The van der Waals surface area contributed by atoms with Crippen LogP contribution in [0.2, 0.25) is 0 Å². The number of ether oxygens (including phenoxy) is 3. The number of hydrogen-bond donors (Lipinski definition) is 0. The summed E-state index contributed by atoms with van der Waals surface area (Å²) in [5.41, 5.74) is 0. The number of carbonyl (C=O) groups excluding carboxylic acids is 2. The van der Waals surface area contributed by atoms with Crippen LogP contribution in [0.3, 0.4) is 0 Å². The van der Waals surface area contributed by atoms with Gasteiger partial charge in [-0.3, -0.25) is 9.59 Å². The average Bonchev–Trinajstić information content (AvgIpc) is 3.36. The van der Waals surface area contributed by atoms with Crippen LogP contribution in [0.5, 0.6) is 0 Å². The molecule has 0 saturated carbocycles. The second-order valence-corrected chi connectivity index (χ2v) is 19.2. The summed E-state index contributed by atoms with van der Waals surface area (Å²) in [5.74, 6) is -0.452. The van der Waals surface area contributed by atoms with Crippen molar-refractivity contribution in [3.63, 3.8) is 0 Å². The predicted molar refractivity (Wildman–Crippen MR) is 306 cm³/mol. The van der Waals surface area contributed by atoms with E-state index in [-0.39, 0.29) is 25.2 Å². The molecule has 0 amide bonds. The fraction of sp³-hybridized carbons (Fsp3) is 0.692. The Bertz CT molecular complexity index is 1380. The Morgan fingerprint density at radius 3 is 1.09 bits per heavy atom. The number of hydrogen-bond acceptors (Lipinski definition) is 5. The molecule has 0 radical (unpaired) electrons. The van der Waals surface area contributed by atoms with E-state index in [9.17, 15) is 9.59 Å². The number of unbranched alkanes of at least 4 members (excludes halogenated alkanes) is 24. The molecular formula is C65H110O5. The maximum atomic E-state index is 12.9. The molecule has 0 spiro atoms. The summed E-state index contributed by atoms with van der Waals surface area (Å²) in [4.78, 5) is 25.6. The zero-order valence-electron chi connectivity index (χ0n) is 46.0. The van der Waals surface area contributed by atoms with Crippen LogP contribution >= 0.6 is 0 Å². The Labute approximate surface area is 434 Å². The highest BCUT2D eigenvalue weighted by Crippen LogP contribution is 2.14. The lowest BCUT2D eigenvalue weighted by Gasteiger charge is -2.18. The Balaban J connectivity index is 4.39. The van der Waals surface area contributed by atoms with Gasteiger partial charge in [-0.25, -0.2) is 0 Å². The highest BCUT2D eigenvalue weighted by Gasteiger charge is 2.17. The zero-order chi connectivity index (χ0) is 50.6. The fourth-order valence-corrected chi connectivity index (χ4v) is 7.89. The van der Waals surface area contributed by atoms with E-state index in [0.717, 1.165) is 109 Å².